The molecule has 2 aliphatic carbocycles. The van der Waals surface area contributed by atoms with Crippen molar-refractivity contribution in [3.63, 3.8) is 0 Å². The lowest BCUT2D eigenvalue weighted by Gasteiger charge is -2.42. The number of sulfonamides is 1. The summed E-state index contributed by atoms with van der Waals surface area (Å²) in [7, 11) is -3.49. The van der Waals surface area contributed by atoms with Gasteiger partial charge in [0.1, 0.15) is 0 Å². The van der Waals surface area contributed by atoms with Gasteiger partial charge in [-0.3, -0.25) is 9.69 Å². The molecule has 0 radical (unpaired) electrons. The Labute approximate surface area is 146 Å². The summed E-state index contributed by atoms with van der Waals surface area (Å²) >= 11 is 1.48. The summed E-state index contributed by atoms with van der Waals surface area (Å²) in [6, 6.07) is 1.78. The minimum Gasteiger partial charge on any atom is -0.480 e. The van der Waals surface area contributed by atoms with Crippen molar-refractivity contribution in [1.29, 1.82) is 0 Å². The molecule has 134 valence electrons. The molecule has 3 rings (SSSR count). The second kappa shape index (κ2) is 6.74. The summed E-state index contributed by atoms with van der Waals surface area (Å²) in [5.41, 5.74) is 0. The highest BCUT2D eigenvalue weighted by Gasteiger charge is 2.39. The Morgan fingerprint density at radius 3 is 2.54 bits per heavy atom. The standard InChI is InChI=1S/C16H24N2O4S2/c1-10-5-15(11(2)23-10)24(21,22)17-13-6-14(7-13)18(9-16(19)20)8-12-3-4-12/h5,12-14,17H,3-4,6-9H2,1-2H3,(H,19,20). The zero-order valence-electron chi connectivity index (χ0n) is 14.0. The van der Waals surface area contributed by atoms with E-state index in [0.717, 1.165) is 16.3 Å². The molecule has 0 aromatic carbocycles. The molecule has 2 N–H and O–H groups in total. The number of nitrogens with one attached hydrogen (secondary N) is 1. The van der Waals surface area contributed by atoms with Gasteiger partial charge in [-0.25, -0.2) is 13.1 Å². The van der Waals surface area contributed by atoms with Crippen molar-refractivity contribution in [1.82, 2.24) is 9.62 Å². The predicted octanol–water partition coefficient (Wildman–Crippen LogP) is 1.97. The number of hydrogen-bond donors (Lipinski definition) is 2. The van der Waals surface area contributed by atoms with Crippen LogP contribution in [0.3, 0.4) is 0 Å². The number of aryl methyl sites for hydroxylation is 2. The van der Waals surface area contributed by atoms with E-state index in [9.17, 15) is 13.2 Å². The molecule has 0 aliphatic heterocycles. The maximum atomic E-state index is 12.5. The summed E-state index contributed by atoms with van der Waals surface area (Å²) in [6.45, 7) is 4.58. The van der Waals surface area contributed by atoms with E-state index < -0.39 is 16.0 Å². The van der Waals surface area contributed by atoms with Crippen LogP contribution in [0.2, 0.25) is 0 Å². The fourth-order valence-electron chi connectivity index (χ4n) is 3.29. The van der Waals surface area contributed by atoms with E-state index in [2.05, 4.69) is 4.72 Å². The van der Waals surface area contributed by atoms with Crippen molar-refractivity contribution in [3.8, 4) is 0 Å². The summed E-state index contributed by atoms with van der Waals surface area (Å²) in [4.78, 5) is 15.2. The first-order valence-corrected chi connectivity index (χ1v) is 10.6. The quantitative estimate of drug-likeness (QED) is 0.729. The first-order chi connectivity index (χ1) is 11.2. The number of thiophene rings is 1. The van der Waals surface area contributed by atoms with Crippen LogP contribution < -0.4 is 4.72 Å². The first kappa shape index (κ1) is 17.8. The average Bonchev–Trinajstić information content (AvgIpc) is 3.15. The van der Waals surface area contributed by atoms with Crippen LogP contribution in [0.4, 0.5) is 0 Å². The number of aliphatic carboxylic acids is 1. The van der Waals surface area contributed by atoms with Gasteiger partial charge < -0.3 is 5.11 Å². The fourth-order valence-corrected chi connectivity index (χ4v) is 6.10. The molecule has 0 unspecified atom stereocenters. The maximum absolute atomic E-state index is 12.5. The summed E-state index contributed by atoms with van der Waals surface area (Å²) in [5.74, 6) is -0.194. The number of hydrogen-bond acceptors (Lipinski definition) is 5. The second-order valence-electron chi connectivity index (χ2n) is 6.99. The molecule has 0 amide bonds. The normalized spacial score (nSPS) is 24.1. The van der Waals surface area contributed by atoms with E-state index in [0.29, 0.717) is 23.7 Å². The van der Waals surface area contributed by atoms with Gasteiger partial charge in [0, 0.05) is 28.4 Å². The van der Waals surface area contributed by atoms with Gasteiger partial charge >= 0.3 is 5.97 Å². The van der Waals surface area contributed by atoms with E-state index in [-0.39, 0.29) is 18.6 Å². The highest BCUT2D eigenvalue weighted by molar-refractivity contribution is 7.89. The van der Waals surface area contributed by atoms with Crippen molar-refractivity contribution in [3.05, 3.63) is 15.8 Å². The SMILES string of the molecule is Cc1cc(S(=O)(=O)NC2CC(N(CC(=O)O)CC3CC3)C2)c(C)s1. The Bertz CT molecular complexity index is 718. The predicted molar refractivity (Wildman–Crippen MR) is 92.9 cm³/mol. The van der Waals surface area contributed by atoms with E-state index in [4.69, 9.17) is 5.11 Å². The third-order valence-corrected chi connectivity index (χ3v) is 7.51. The zero-order chi connectivity index (χ0) is 17.5. The molecule has 24 heavy (non-hydrogen) atoms. The van der Waals surface area contributed by atoms with Gasteiger partial charge in [-0.1, -0.05) is 0 Å². The van der Waals surface area contributed by atoms with Gasteiger partial charge in [0.2, 0.25) is 10.0 Å². The van der Waals surface area contributed by atoms with Crippen molar-refractivity contribution < 1.29 is 18.3 Å². The zero-order valence-corrected chi connectivity index (χ0v) is 15.6. The number of carboxylic acid groups (broad SMARTS) is 1. The molecule has 0 spiro atoms. The van der Waals surface area contributed by atoms with Crippen LogP contribution in [0.15, 0.2) is 11.0 Å². The highest BCUT2D eigenvalue weighted by atomic mass is 32.2. The minimum absolute atomic E-state index is 0.0451. The molecular weight excluding hydrogens is 348 g/mol. The highest BCUT2D eigenvalue weighted by Crippen LogP contribution is 2.34. The molecular formula is C16H24N2O4S2. The Hall–Kier alpha value is -0.960. The fraction of sp³-hybridized carbons (Fsp3) is 0.688. The topological polar surface area (TPSA) is 86.7 Å². The van der Waals surface area contributed by atoms with E-state index in [1.54, 1.807) is 6.07 Å². The van der Waals surface area contributed by atoms with Crippen molar-refractivity contribution >= 4 is 27.3 Å². The summed E-state index contributed by atoms with van der Waals surface area (Å²) < 4.78 is 27.8. The second-order valence-corrected chi connectivity index (χ2v) is 10.1. The number of carboxylic acids is 1. The number of rotatable bonds is 8. The first-order valence-electron chi connectivity index (χ1n) is 8.30. The van der Waals surface area contributed by atoms with Crippen molar-refractivity contribution in [2.45, 2.75) is 56.5 Å². The maximum Gasteiger partial charge on any atom is 0.317 e. The molecule has 0 bridgehead atoms. The van der Waals surface area contributed by atoms with Crippen LogP contribution in [-0.2, 0) is 14.8 Å². The molecule has 2 saturated carbocycles. The Morgan fingerprint density at radius 1 is 1.38 bits per heavy atom. The molecule has 0 saturated heterocycles. The van der Waals surface area contributed by atoms with Gasteiger partial charge in [0.15, 0.2) is 0 Å². The van der Waals surface area contributed by atoms with Gasteiger partial charge in [0.25, 0.3) is 0 Å². The molecule has 0 atom stereocenters. The average molecular weight is 373 g/mol. The molecule has 2 aliphatic rings. The molecule has 6 nitrogen and oxygen atoms in total. The Morgan fingerprint density at radius 2 is 2.04 bits per heavy atom. The molecule has 8 heteroatoms. The van der Waals surface area contributed by atoms with E-state index in [1.165, 1.54) is 24.2 Å². The van der Waals surface area contributed by atoms with Crippen molar-refractivity contribution in [2.24, 2.45) is 5.92 Å². The number of carbonyl (C=O) groups is 1. The third kappa shape index (κ3) is 4.17. The van der Waals surface area contributed by atoms with Crippen molar-refractivity contribution in [2.75, 3.05) is 13.1 Å². The van der Waals surface area contributed by atoms with Gasteiger partial charge in [-0.05, 0) is 51.5 Å². The van der Waals surface area contributed by atoms with Crippen LogP contribution in [0.25, 0.3) is 0 Å². The minimum atomic E-state index is -3.49. The third-order valence-electron chi connectivity index (χ3n) is 4.76. The summed E-state index contributed by atoms with van der Waals surface area (Å²) in [5, 5.41) is 9.07. The van der Waals surface area contributed by atoms with E-state index in [1.807, 2.05) is 18.7 Å². The van der Waals surface area contributed by atoms with Crippen LogP contribution in [0.1, 0.15) is 35.4 Å². The van der Waals surface area contributed by atoms with Gasteiger partial charge in [-0.2, -0.15) is 0 Å². The summed E-state index contributed by atoms with van der Waals surface area (Å²) in [6.07, 6.45) is 3.72. The van der Waals surface area contributed by atoms with Crippen LogP contribution in [-0.4, -0.2) is 49.6 Å². The van der Waals surface area contributed by atoms with Crippen LogP contribution >= 0.6 is 11.3 Å². The monoisotopic (exact) mass is 372 g/mol. The van der Waals surface area contributed by atoms with Gasteiger partial charge in [0.05, 0.1) is 11.4 Å². The number of nitrogens with zero attached hydrogens (tertiary/aromatic N) is 1. The Balaban J connectivity index is 1.57. The van der Waals surface area contributed by atoms with Crippen LogP contribution in [0, 0.1) is 19.8 Å². The van der Waals surface area contributed by atoms with E-state index >= 15 is 0 Å². The molecule has 1 aromatic heterocycles. The largest absolute Gasteiger partial charge is 0.480 e. The lowest BCUT2D eigenvalue weighted by molar-refractivity contribution is -0.139. The smallest absolute Gasteiger partial charge is 0.317 e. The lowest BCUT2D eigenvalue weighted by atomic mass is 9.86. The Kier molecular flexibility index (Phi) is 5.01. The molecule has 2 fully saturated rings. The van der Waals surface area contributed by atoms with Gasteiger partial charge in [-0.15, -0.1) is 11.3 Å². The molecule has 1 heterocycles. The molecule has 1 aromatic rings. The lowest BCUT2D eigenvalue weighted by Crippen LogP contribution is -2.55. The van der Waals surface area contributed by atoms with Crippen LogP contribution in [0.5, 0.6) is 0 Å².